The lowest BCUT2D eigenvalue weighted by Gasteiger charge is -2.34. The van der Waals surface area contributed by atoms with Crippen LogP contribution in [0.3, 0.4) is 0 Å². The summed E-state index contributed by atoms with van der Waals surface area (Å²) in [4.78, 5) is 1.27. The normalized spacial score (nSPS) is 18.4. The Bertz CT molecular complexity index is 952. The molecule has 3 aromatic carbocycles. The summed E-state index contributed by atoms with van der Waals surface area (Å²) in [5.41, 5.74) is 4.79. The third kappa shape index (κ3) is 3.62. The van der Waals surface area contributed by atoms with E-state index in [2.05, 4.69) is 36.4 Å². The number of ether oxygens (including phenoxy) is 2. The van der Waals surface area contributed by atoms with E-state index < -0.39 is 0 Å². The van der Waals surface area contributed by atoms with Crippen molar-refractivity contribution in [2.75, 3.05) is 20.0 Å². The van der Waals surface area contributed by atoms with Crippen molar-refractivity contribution in [1.29, 1.82) is 0 Å². The van der Waals surface area contributed by atoms with Gasteiger partial charge in [0.25, 0.3) is 0 Å². The van der Waals surface area contributed by atoms with Gasteiger partial charge in [0, 0.05) is 22.5 Å². The smallest absolute Gasteiger partial charge is 0.119 e. The van der Waals surface area contributed by atoms with Gasteiger partial charge in [-0.1, -0.05) is 42.5 Å². The molecule has 0 bridgehead atoms. The molecule has 0 aliphatic carbocycles. The molecule has 3 aromatic rings. The molecule has 2 unspecified atom stereocenters. The molecule has 0 fully saturated rings. The number of thioether (sulfide) groups is 1. The lowest BCUT2D eigenvalue weighted by Crippen LogP contribution is -2.20. The number of hydrogen-bond donors (Lipinski definition) is 1. The molecule has 1 N–H and O–H groups in total. The minimum absolute atomic E-state index is 0.0536. The van der Waals surface area contributed by atoms with Crippen LogP contribution in [0.1, 0.15) is 34.1 Å². The minimum atomic E-state index is 0.0536. The second-order valence-electron chi connectivity index (χ2n) is 6.98. The third-order valence-corrected chi connectivity index (χ3v) is 6.60. The molecule has 4 rings (SSSR count). The van der Waals surface area contributed by atoms with Crippen molar-refractivity contribution in [3.63, 3.8) is 0 Å². The minimum Gasteiger partial charge on any atom is -0.497 e. The van der Waals surface area contributed by atoms with E-state index in [4.69, 9.17) is 9.47 Å². The van der Waals surface area contributed by atoms with Crippen molar-refractivity contribution in [3.05, 3.63) is 89.0 Å². The molecule has 2 atom stereocenters. The molecule has 28 heavy (non-hydrogen) atoms. The number of aliphatic hydroxyl groups excluding tert-OH is 1. The van der Waals surface area contributed by atoms with Crippen LogP contribution in [-0.2, 0) is 6.61 Å². The van der Waals surface area contributed by atoms with Crippen molar-refractivity contribution < 1.29 is 14.6 Å². The first kappa shape index (κ1) is 18.9. The average molecular weight is 393 g/mol. The first-order chi connectivity index (χ1) is 13.7. The molecule has 3 nitrogen and oxygen atoms in total. The van der Waals surface area contributed by atoms with Crippen LogP contribution in [0.5, 0.6) is 11.5 Å². The fourth-order valence-electron chi connectivity index (χ4n) is 3.95. The molecule has 1 heterocycles. The van der Waals surface area contributed by atoms with Crippen molar-refractivity contribution in [1.82, 2.24) is 0 Å². The first-order valence-electron chi connectivity index (χ1n) is 9.38. The number of hydrogen-bond acceptors (Lipinski definition) is 4. The van der Waals surface area contributed by atoms with Crippen LogP contribution in [0.15, 0.2) is 71.6 Å². The molecular formula is C24H24O3S. The van der Waals surface area contributed by atoms with Crippen LogP contribution in [-0.4, -0.2) is 25.1 Å². The fourth-order valence-corrected chi connectivity index (χ4v) is 5.26. The molecule has 0 spiro atoms. The van der Waals surface area contributed by atoms with E-state index in [1.165, 1.54) is 21.6 Å². The number of aliphatic hydroxyl groups is 1. The van der Waals surface area contributed by atoms with Gasteiger partial charge in [-0.25, -0.2) is 0 Å². The fraction of sp³-hybridized carbons (Fsp3) is 0.250. The summed E-state index contributed by atoms with van der Waals surface area (Å²) in [6.07, 6.45) is 0. The van der Waals surface area contributed by atoms with E-state index in [9.17, 15) is 5.11 Å². The molecule has 0 saturated heterocycles. The largest absolute Gasteiger partial charge is 0.497 e. The zero-order valence-electron chi connectivity index (χ0n) is 16.1. The second kappa shape index (κ2) is 8.29. The van der Waals surface area contributed by atoms with Gasteiger partial charge in [0.15, 0.2) is 0 Å². The number of fused-ring (bicyclic) bond motifs is 1. The summed E-state index contributed by atoms with van der Waals surface area (Å²) >= 11 is 1.88. The zero-order chi connectivity index (χ0) is 19.5. The summed E-state index contributed by atoms with van der Waals surface area (Å²) in [5, 5.41) is 9.63. The lowest BCUT2D eigenvalue weighted by molar-refractivity contribution is 0.281. The van der Waals surface area contributed by atoms with Gasteiger partial charge in [-0.05, 0) is 46.5 Å². The average Bonchev–Trinajstić information content (AvgIpc) is 2.78. The quantitative estimate of drug-likeness (QED) is 0.646. The van der Waals surface area contributed by atoms with Crippen molar-refractivity contribution in [2.45, 2.75) is 23.3 Å². The molecule has 144 valence electrons. The van der Waals surface area contributed by atoms with Crippen LogP contribution < -0.4 is 9.47 Å². The predicted octanol–water partition coefficient (Wildman–Crippen LogP) is 5.22. The summed E-state index contributed by atoms with van der Waals surface area (Å²) < 4.78 is 10.8. The summed E-state index contributed by atoms with van der Waals surface area (Å²) in [7, 11) is 3.40. The maximum atomic E-state index is 9.63. The first-order valence-corrected chi connectivity index (χ1v) is 10.4. The van der Waals surface area contributed by atoms with Gasteiger partial charge in [0.2, 0.25) is 0 Å². The highest BCUT2D eigenvalue weighted by molar-refractivity contribution is 7.99. The summed E-state index contributed by atoms with van der Waals surface area (Å²) in [5.74, 6) is 3.31. The Balaban J connectivity index is 1.82. The maximum absolute atomic E-state index is 9.63. The van der Waals surface area contributed by atoms with E-state index in [0.717, 1.165) is 22.8 Å². The van der Waals surface area contributed by atoms with Gasteiger partial charge in [-0.3, -0.25) is 0 Å². The van der Waals surface area contributed by atoms with Crippen LogP contribution >= 0.6 is 11.8 Å². The number of methoxy groups -OCH3 is 2. The molecule has 1 aliphatic heterocycles. The Labute approximate surface area is 170 Å². The Hall–Kier alpha value is -2.43. The highest BCUT2D eigenvalue weighted by atomic mass is 32.2. The number of rotatable bonds is 5. The molecular weight excluding hydrogens is 368 g/mol. The highest BCUT2D eigenvalue weighted by Crippen LogP contribution is 2.50. The van der Waals surface area contributed by atoms with Gasteiger partial charge >= 0.3 is 0 Å². The van der Waals surface area contributed by atoms with E-state index in [-0.39, 0.29) is 12.5 Å². The van der Waals surface area contributed by atoms with Gasteiger partial charge in [0.05, 0.1) is 20.8 Å². The Morgan fingerprint density at radius 1 is 0.893 bits per heavy atom. The summed E-state index contributed by atoms with van der Waals surface area (Å²) in [6.45, 7) is 0.0536. The molecule has 0 radical (unpaired) electrons. The van der Waals surface area contributed by atoms with Crippen molar-refractivity contribution in [3.8, 4) is 11.5 Å². The standard InChI is InChI=1S/C24H24O3S/c1-26-19-8-6-17(7-9-19)22-15-28-23-13-20(27-2)10-11-21(23)24(22)18-5-3-4-16(12-18)14-25/h3-13,22,24-25H,14-15H2,1-2H3. The van der Waals surface area contributed by atoms with Crippen LogP contribution in [0.2, 0.25) is 0 Å². The Morgan fingerprint density at radius 2 is 1.64 bits per heavy atom. The van der Waals surface area contributed by atoms with Crippen molar-refractivity contribution >= 4 is 11.8 Å². The number of benzene rings is 3. The molecule has 4 heteroatoms. The van der Waals surface area contributed by atoms with E-state index in [1.807, 2.05) is 42.1 Å². The Morgan fingerprint density at radius 3 is 2.36 bits per heavy atom. The van der Waals surface area contributed by atoms with Gasteiger partial charge in [-0.15, -0.1) is 11.8 Å². The third-order valence-electron chi connectivity index (χ3n) is 5.41. The molecule has 1 aliphatic rings. The van der Waals surface area contributed by atoms with Crippen LogP contribution in [0.4, 0.5) is 0 Å². The maximum Gasteiger partial charge on any atom is 0.119 e. The van der Waals surface area contributed by atoms with Crippen molar-refractivity contribution in [2.24, 2.45) is 0 Å². The SMILES string of the molecule is COc1ccc(C2CSc3cc(OC)ccc3C2c2cccc(CO)c2)cc1. The zero-order valence-corrected chi connectivity index (χ0v) is 16.9. The monoisotopic (exact) mass is 392 g/mol. The highest BCUT2D eigenvalue weighted by Gasteiger charge is 2.33. The van der Waals surface area contributed by atoms with Crippen LogP contribution in [0.25, 0.3) is 0 Å². The molecule has 0 aromatic heterocycles. The molecule has 0 saturated carbocycles. The van der Waals surface area contributed by atoms with E-state index >= 15 is 0 Å². The summed E-state index contributed by atoms with van der Waals surface area (Å²) in [6, 6.07) is 23.1. The lowest BCUT2D eigenvalue weighted by atomic mass is 9.77. The Kier molecular flexibility index (Phi) is 5.60. The van der Waals surface area contributed by atoms with Crippen LogP contribution in [0, 0.1) is 0 Å². The van der Waals surface area contributed by atoms with E-state index in [0.29, 0.717) is 5.92 Å². The molecule has 0 amide bonds. The van der Waals surface area contributed by atoms with Gasteiger partial charge in [0.1, 0.15) is 11.5 Å². The van der Waals surface area contributed by atoms with Gasteiger partial charge in [-0.2, -0.15) is 0 Å². The second-order valence-corrected chi connectivity index (χ2v) is 8.04. The van der Waals surface area contributed by atoms with Gasteiger partial charge < -0.3 is 14.6 Å². The predicted molar refractivity (Wildman–Crippen MR) is 114 cm³/mol. The topological polar surface area (TPSA) is 38.7 Å². The van der Waals surface area contributed by atoms with E-state index in [1.54, 1.807) is 14.2 Å².